The summed E-state index contributed by atoms with van der Waals surface area (Å²) in [6.45, 7) is 0.360. The first-order chi connectivity index (χ1) is 8.20. The first-order valence-corrected chi connectivity index (χ1v) is 5.49. The molecule has 2 nitrogen and oxygen atoms in total. The van der Waals surface area contributed by atoms with Gasteiger partial charge in [0.15, 0.2) is 11.6 Å². The number of nitrogens with two attached hydrogens (primary N) is 1. The molecule has 0 aliphatic rings. The van der Waals surface area contributed by atoms with Gasteiger partial charge < -0.3 is 10.5 Å². The van der Waals surface area contributed by atoms with Crippen molar-refractivity contribution in [3.8, 4) is 11.5 Å². The quantitative estimate of drug-likeness (QED) is 0.902. The molecular formula is C13H11ClFNO. The molecule has 2 N–H and O–H groups in total. The number of rotatable bonds is 3. The highest BCUT2D eigenvalue weighted by atomic mass is 35.5. The Hall–Kier alpha value is -1.58. The Kier molecular flexibility index (Phi) is 3.61. The molecule has 0 radical (unpaired) electrons. The van der Waals surface area contributed by atoms with Gasteiger partial charge in [0.05, 0.1) is 0 Å². The van der Waals surface area contributed by atoms with Crippen molar-refractivity contribution in [1.82, 2.24) is 0 Å². The van der Waals surface area contributed by atoms with Crippen molar-refractivity contribution in [2.24, 2.45) is 5.73 Å². The summed E-state index contributed by atoms with van der Waals surface area (Å²) in [5.74, 6) is 0.243. The van der Waals surface area contributed by atoms with Crippen LogP contribution in [0.15, 0.2) is 42.5 Å². The van der Waals surface area contributed by atoms with E-state index < -0.39 is 5.82 Å². The molecule has 0 bridgehead atoms. The maximum atomic E-state index is 13.3. The van der Waals surface area contributed by atoms with Crippen molar-refractivity contribution in [1.29, 1.82) is 0 Å². The lowest BCUT2D eigenvalue weighted by molar-refractivity contribution is 0.442. The summed E-state index contributed by atoms with van der Waals surface area (Å²) in [6, 6.07) is 11.3. The minimum absolute atomic E-state index is 0.170. The van der Waals surface area contributed by atoms with E-state index in [1.54, 1.807) is 36.4 Å². The molecule has 0 fully saturated rings. The van der Waals surface area contributed by atoms with Gasteiger partial charge in [0.25, 0.3) is 0 Å². The van der Waals surface area contributed by atoms with Crippen LogP contribution < -0.4 is 10.5 Å². The highest BCUT2D eigenvalue weighted by Crippen LogP contribution is 2.27. The van der Waals surface area contributed by atoms with Gasteiger partial charge in [0, 0.05) is 11.6 Å². The van der Waals surface area contributed by atoms with E-state index in [-0.39, 0.29) is 5.75 Å². The van der Waals surface area contributed by atoms with Gasteiger partial charge in [-0.25, -0.2) is 4.39 Å². The average Bonchev–Trinajstić information content (AvgIpc) is 2.32. The van der Waals surface area contributed by atoms with Gasteiger partial charge in [0.2, 0.25) is 0 Å². The molecule has 0 atom stereocenters. The second-order valence-electron chi connectivity index (χ2n) is 3.49. The molecule has 88 valence electrons. The Morgan fingerprint density at radius 2 is 1.94 bits per heavy atom. The first kappa shape index (κ1) is 11.9. The highest BCUT2D eigenvalue weighted by Gasteiger charge is 2.05. The number of hydrogen-bond acceptors (Lipinski definition) is 2. The van der Waals surface area contributed by atoms with Crippen LogP contribution in [0.3, 0.4) is 0 Å². The largest absolute Gasteiger partial charge is 0.454 e. The van der Waals surface area contributed by atoms with E-state index in [2.05, 4.69) is 0 Å². The second kappa shape index (κ2) is 5.17. The monoisotopic (exact) mass is 251 g/mol. The third kappa shape index (κ3) is 2.75. The molecule has 2 rings (SSSR count). The van der Waals surface area contributed by atoms with Crippen LogP contribution in [-0.2, 0) is 6.54 Å². The van der Waals surface area contributed by atoms with Gasteiger partial charge in [-0.15, -0.1) is 0 Å². The van der Waals surface area contributed by atoms with Gasteiger partial charge in [-0.1, -0.05) is 29.8 Å². The molecule has 0 saturated heterocycles. The Bertz CT molecular complexity index is 531. The van der Waals surface area contributed by atoms with Crippen molar-refractivity contribution in [3.05, 3.63) is 58.9 Å². The Morgan fingerprint density at radius 1 is 1.18 bits per heavy atom. The summed E-state index contributed by atoms with van der Waals surface area (Å²) in [7, 11) is 0. The van der Waals surface area contributed by atoms with E-state index in [1.165, 1.54) is 6.07 Å². The van der Waals surface area contributed by atoms with Crippen LogP contribution in [0.5, 0.6) is 11.5 Å². The number of halogens is 2. The van der Waals surface area contributed by atoms with Gasteiger partial charge in [-0.05, 0) is 29.8 Å². The van der Waals surface area contributed by atoms with Crippen LogP contribution in [0.4, 0.5) is 4.39 Å². The van der Waals surface area contributed by atoms with Crippen molar-refractivity contribution in [3.63, 3.8) is 0 Å². The molecule has 0 spiro atoms. The molecule has 0 amide bonds. The van der Waals surface area contributed by atoms with Crippen molar-refractivity contribution in [2.75, 3.05) is 0 Å². The molecule has 4 heteroatoms. The summed E-state index contributed by atoms with van der Waals surface area (Å²) in [5, 5.41) is 0.515. The van der Waals surface area contributed by atoms with Crippen LogP contribution in [0.2, 0.25) is 5.02 Å². The van der Waals surface area contributed by atoms with E-state index in [4.69, 9.17) is 22.1 Å². The first-order valence-electron chi connectivity index (χ1n) is 5.11. The standard InChI is InChI=1S/C13H11ClFNO/c14-11-7-10(6-5-9(11)8-16)17-13-4-2-1-3-12(13)15/h1-7H,8,16H2. The zero-order valence-electron chi connectivity index (χ0n) is 8.99. The van der Waals surface area contributed by atoms with E-state index in [1.807, 2.05) is 0 Å². The molecule has 2 aromatic carbocycles. The number of ether oxygens (including phenoxy) is 1. The minimum Gasteiger partial charge on any atom is -0.454 e. The molecular weight excluding hydrogens is 241 g/mol. The maximum absolute atomic E-state index is 13.3. The van der Waals surface area contributed by atoms with Crippen molar-refractivity contribution < 1.29 is 9.13 Å². The van der Waals surface area contributed by atoms with Gasteiger partial charge in [-0.3, -0.25) is 0 Å². The van der Waals surface area contributed by atoms with E-state index in [9.17, 15) is 4.39 Å². The summed E-state index contributed by atoms with van der Waals surface area (Å²) in [4.78, 5) is 0. The molecule has 0 saturated carbocycles. The Morgan fingerprint density at radius 3 is 2.59 bits per heavy atom. The van der Waals surface area contributed by atoms with E-state index in [0.717, 1.165) is 5.56 Å². The summed E-state index contributed by atoms with van der Waals surface area (Å²) >= 11 is 5.98. The average molecular weight is 252 g/mol. The number of hydrogen-bond donors (Lipinski definition) is 1. The van der Waals surface area contributed by atoms with Gasteiger partial charge in [-0.2, -0.15) is 0 Å². The van der Waals surface area contributed by atoms with Gasteiger partial charge in [0.1, 0.15) is 5.75 Å². The lowest BCUT2D eigenvalue weighted by atomic mass is 10.2. The maximum Gasteiger partial charge on any atom is 0.165 e. The molecule has 0 heterocycles. The van der Waals surface area contributed by atoms with Crippen LogP contribution in [0.1, 0.15) is 5.56 Å². The SMILES string of the molecule is NCc1ccc(Oc2ccccc2F)cc1Cl. The normalized spacial score (nSPS) is 10.3. The highest BCUT2D eigenvalue weighted by molar-refractivity contribution is 6.31. The minimum atomic E-state index is -0.411. The summed E-state index contributed by atoms with van der Waals surface area (Å²) in [5.41, 5.74) is 6.32. The Labute approximate surface area is 104 Å². The number of benzene rings is 2. The smallest absolute Gasteiger partial charge is 0.165 e. The van der Waals surface area contributed by atoms with E-state index >= 15 is 0 Å². The molecule has 0 aromatic heterocycles. The molecule has 2 aromatic rings. The molecule has 0 aliphatic carbocycles. The van der Waals surface area contributed by atoms with Crippen LogP contribution >= 0.6 is 11.6 Å². The van der Waals surface area contributed by atoms with Crippen LogP contribution in [-0.4, -0.2) is 0 Å². The zero-order valence-corrected chi connectivity index (χ0v) is 9.75. The summed E-state index contributed by atoms with van der Waals surface area (Å²) < 4.78 is 18.7. The molecule has 0 aliphatic heterocycles. The topological polar surface area (TPSA) is 35.2 Å². The molecule has 17 heavy (non-hydrogen) atoms. The fourth-order valence-electron chi connectivity index (χ4n) is 1.41. The lowest BCUT2D eigenvalue weighted by Crippen LogP contribution is -1.97. The number of para-hydroxylation sites is 1. The van der Waals surface area contributed by atoms with Crippen molar-refractivity contribution in [2.45, 2.75) is 6.54 Å². The Balaban J connectivity index is 2.25. The van der Waals surface area contributed by atoms with Crippen molar-refractivity contribution >= 4 is 11.6 Å². The third-order valence-electron chi connectivity index (χ3n) is 2.31. The molecule has 0 unspecified atom stereocenters. The zero-order chi connectivity index (χ0) is 12.3. The summed E-state index contributed by atoms with van der Waals surface area (Å²) in [6.07, 6.45) is 0. The second-order valence-corrected chi connectivity index (χ2v) is 3.90. The van der Waals surface area contributed by atoms with Gasteiger partial charge >= 0.3 is 0 Å². The van der Waals surface area contributed by atoms with Crippen LogP contribution in [0, 0.1) is 5.82 Å². The predicted octanol–water partition coefficient (Wildman–Crippen LogP) is 3.73. The third-order valence-corrected chi connectivity index (χ3v) is 2.66. The predicted molar refractivity (Wildman–Crippen MR) is 65.8 cm³/mol. The fourth-order valence-corrected chi connectivity index (χ4v) is 1.66. The van der Waals surface area contributed by atoms with E-state index in [0.29, 0.717) is 17.3 Å². The fraction of sp³-hybridized carbons (Fsp3) is 0.0769. The lowest BCUT2D eigenvalue weighted by Gasteiger charge is -2.08. The van der Waals surface area contributed by atoms with Crippen LogP contribution in [0.25, 0.3) is 0 Å².